The fourth-order valence-corrected chi connectivity index (χ4v) is 1.87. The minimum Gasteiger partial charge on any atom is -0.379 e. The number of aryl methyl sites for hydroxylation is 1. The van der Waals surface area contributed by atoms with Gasteiger partial charge in [0, 0.05) is 6.61 Å². The molecule has 0 heterocycles. The molecule has 6 heteroatoms. The Morgan fingerprint density at radius 1 is 0.947 bits per heavy atom. The van der Waals surface area contributed by atoms with E-state index in [0.29, 0.717) is 19.8 Å². The van der Waals surface area contributed by atoms with Crippen molar-refractivity contribution in [3.8, 4) is 0 Å². The molecule has 0 atom stereocenters. The lowest BCUT2D eigenvalue weighted by molar-refractivity contribution is 0.0526. The standard InChI is InChI=1S/C13H21NO4S/c14-19(15,16)12-11-18-10-9-17-8-4-7-13-5-2-1-3-6-13/h1-3,5-6H,4,7-12H2,(H2,14,15,16). The van der Waals surface area contributed by atoms with Crippen LogP contribution in [0.5, 0.6) is 0 Å². The zero-order chi connectivity index (χ0) is 14.0. The minimum absolute atomic E-state index is 0.117. The lowest BCUT2D eigenvalue weighted by Crippen LogP contribution is -2.21. The van der Waals surface area contributed by atoms with Gasteiger partial charge in [-0.05, 0) is 18.4 Å². The Bertz CT molecular complexity index is 433. The summed E-state index contributed by atoms with van der Waals surface area (Å²) in [5.74, 6) is -0.152. The summed E-state index contributed by atoms with van der Waals surface area (Å²) >= 11 is 0. The second-order valence-corrected chi connectivity index (χ2v) is 5.91. The average molecular weight is 287 g/mol. The Morgan fingerprint density at radius 3 is 2.21 bits per heavy atom. The maximum absolute atomic E-state index is 10.6. The van der Waals surface area contributed by atoms with E-state index in [4.69, 9.17) is 14.6 Å². The molecule has 19 heavy (non-hydrogen) atoms. The highest BCUT2D eigenvalue weighted by Gasteiger charge is 2.01. The smallest absolute Gasteiger partial charge is 0.211 e. The first-order valence-corrected chi connectivity index (χ1v) is 7.99. The number of hydrogen-bond donors (Lipinski definition) is 1. The van der Waals surface area contributed by atoms with E-state index in [1.165, 1.54) is 5.56 Å². The number of rotatable bonds is 10. The van der Waals surface area contributed by atoms with Crippen molar-refractivity contribution in [3.05, 3.63) is 35.9 Å². The first kappa shape index (κ1) is 16.1. The molecule has 2 N–H and O–H groups in total. The molecule has 0 aliphatic carbocycles. The average Bonchev–Trinajstić information content (AvgIpc) is 2.37. The minimum atomic E-state index is -3.42. The van der Waals surface area contributed by atoms with Gasteiger partial charge in [0.1, 0.15) is 0 Å². The van der Waals surface area contributed by atoms with E-state index in [9.17, 15) is 8.42 Å². The summed E-state index contributed by atoms with van der Waals surface area (Å²) in [6, 6.07) is 10.2. The summed E-state index contributed by atoms with van der Waals surface area (Å²) in [6.07, 6.45) is 1.95. The monoisotopic (exact) mass is 287 g/mol. The molecular weight excluding hydrogens is 266 g/mol. The topological polar surface area (TPSA) is 78.6 Å². The molecule has 0 saturated heterocycles. The molecule has 1 aromatic carbocycles. The molecule has 0 aliphatic heterocycles. The lowest BCUT2D eigenvalue weighted by Gasteiger charge is -2.05. The van der Waals surface area contributed by atoms with E-state index in [1.807, 2.05) is 18.2 Å². The van der Waals surface area contributed by atoms with Crippen molar-refractivity contribution in [1.82, 2.24) is 0 Å². The predicted octanol–water partition coefficient (Wildman–Crippen LogP) is 0.941. The number of primary sulfonamides is 1. The van der Waals surface area contributed by atoms with Crippen molar-refractivity contribution in [2.24, 2.45) is 5.14 Å². The molecule has 1 aromatic rings. The Kier molecular flexibility index (Phi) is 7.66. The van der Waals surface area contributed by atoms with Gasteiger partial charge < -0.3 is 9.47 Å². The van der Waals surface area contributed by atoms with Gasteiger partial charge in [0.05, 0.1) is 25.6 Å². The van der Waals surface area contributed by atoms with Crippen LogP contribution >= 0.6 is 0 Å². The highest BCUT2D eigenvalue weighted by atomic mass is 32.2. The van der Waals surface area contributed by atoms with E-state index in [-0.39, 0.29) is 12.4 Å². The molecule has 0 spiro atoms. The Labute approximate surface area is 114 Å². The van der Waals surface area contributed by atoms with Gasteiger partial charge in [-0.15, -0.1) is 0 Å². The first-order valence-electron chi connectivity index (χ1n) is 6.28. The summed E-state index contributed by atoms with van der Waals surface area (Å²) in [7, 11) is -3.42. The van der Waals surface area contributed by atoms with Gasteiger partial charge in [0.2, 0.25) is 10.0 Å². The van der Waals surface area contributed by atoms with Gasteiger partial charge in [-0.2, -0.15) is 0 Å². The van der Waals surface area contributed by atoms with Crippen LogP contribution in [0, 0.1) is 0 Å². The normalized spacial score (nSPS) is 11.6. The quantitative estimate of drug-likeness (QED) is 0.650. The van der Waals surface area contributed by atoms with Crippen LogP contribution in [0.15, 0.2) is 30.3 Å². The summed E-state index contributed by atoms with van der Waals surface area (Å²) in [4.78, 5) is 0. The van der Waals surface area contributed by atoms with Crippen molar-refractivity contribution in [2.75, 3.05) is 32.2 Å². The third-order valence-electron chi connectivity index (χ3n) is 2.48. The number of sulfonamides is 1. The number of nitrogens with two attached hydrogens (primary N) is 1. The van der Waals surface area contributed by atoms with E-state index in [2.05, 4.69) is 12.1 Å². The van der Waals surface area contributed by atoms with Crippen LogP contribution in [0.3, 0.4) is 0 Å². The van der Waals surface area contributed by atoms with Crippen LogP contribution in [-0.4, -0.2) is 40.6 Å². The highest BCUT2D eigenvalue weighted by molar-refractivity contribution is 7.89. The van der Waals surface area contributed by atoms with Crippen LogP contribution in [0.25, 0.3) is 0 Å². The van der Waals surface area contributed by atoms with Crippen LogP contribution in [0.2, 0.25) is 0 Å². The molecule has 0 fully saturated rings. The molecule has 1 rings (SSSR count). The first-order chi connectivity index (χ1) is 9.08. The van der Waals surface area contributed by atoms with Gasteiger partial charge in [0.25, 0.3) is 0 Å². The molecular formula is C13H21NO4S. The summed E-state index contributed by atoms with van der Waals surface area (Å²) in [6.45, 7) is 1.65. The van der Waals surface area contributed by atoms with Crippen molar-refractivity contribution >= 4 is 10.0 Å². The zero-order valence-corrected chi connectivity index (χ0v) is 11.8. The molecule has 0 amide bonds. The predicted molar refractivity (Wildman–Crippen MR) is 74.4 cm³/mol. The number of benzene rings is 1. The van der Waals surface area contributed by atoms with Gasteiger partial charge in [-0.25, -0.2) is 13.6 Å². The number of ether oxygens (including phenoxy) is 2. The van der Waals surface area contributed by atoms with Gasteiger partial charge in [-0.3, -0.25) is 0 Å². The second-order valence-electron chi connectivity index (χ2n) is 4.18. The van der Waals surface area contributed by atoms with E-state index in [0.717, 1.165) is 12.8 Å². The van der Waals surface area contributed by atoms with E-state index in [1.54, 1.807) is 0 Å². The van der Waals surface area contributed by atoms with Crippen LogP contribution in [0.4, 0.5) is 0 Å². The van der Waals surface area contributed by atoms with Gasteiger partial charge in [0.15, 0.2) is 0 Å². The maximum atomic E-state index is 10.6. The van der Waals surface area contributed by atoms with E-state index >= 15 is 0 Å². The molecule has 0 aromatic heterocycles. The Balaban J connectivity index is 1.89. The fraction of sp³-hybridized carbons (Fsp3) is 0.538. The zero-order valence-electron chi connectivity index (χ0n) is 11.0. The van der Waals surface area contributed by atoms with Crippen molar-refractivity contribution < 1.29 is 17.9 Å². The van der Waals surface area contributed by atoms with E-state index < -0.39 is 10.0 Å². The maximum Gasteiger partial charge on any atom is 0.211 e. The second kappa shape index (κ2) is 9.03. The largest absolute Gasteiger partial charge is 0.379 e. The van der Waals surface area contributed by atoms with Crippen LogP contribution in [0.1, 0.15) is 12.0 Å². The molecule has 108 valence electrons. The lowest BCUT2D eigenvalue weighted by atomic mass is 10.1. The fourth-order valence-electron chi connectivity index (χ4n) is 1.52. The summed E-state index contributed by atoms with van der Waals surface area (Å²) in [5.41, 5.74) is 1.30. The molecule has 0 unspecified atom stereocenters. The van der Waals surface area contributed by atoms with Gasteiger partial charge >= 0.3 is 0 Å². The Morgan fingerprint density at radius 2 is 1.58 bits per heavy atom. The van der Waals surface area contributed by atoms with Crippen molar-refractivity contribution in [2.45, 2.75) is 12.8 Å². The third-order valence-corrected chi connectivity index (χ3v) is 3.22. The van der Waals surface area contributed by atoms with Crippen molar-refractivity contribution in [3.63, 3.8) is 0 Å². The molecule has 0 saturated carbocycles. The molecule has 0 bridgehead atoms. The van der Waals surface area contributed by atoms with Crippen LogP contribution in [-0.2, 0) is 25.9 Å². The highest BCUT2D eigenvalue weighted by Crippen LogP contribution is 2.02. The Hall–Kier alpha value is -0.950. The molecule has 5 nitrogen and oxygen atoms in total. The number of hydrogen-bond acceptors (Lipinski definition) is 4. The summed E-state index contributed by atoms with van der Waals surface area (Å²) < 4.78 is 31.7. The third kappa shape index (κ3) is 9.61. The van der Waals surface area contributed by atoms with Crippen molar-refractivity contribution in [1.29, 1.82) is 0 Å². The molecule has 0 radical (unpaired) electrons. The van der Waals surface area contributed by atoms with Gasteiger partial charge in [-0.1, -0.05) is 30.3 Å². The summed E-state index contributed by atoms with van der Waals surface area (Å²) in [5, 5.41) is 4.83. The van der Waals surface area contributed by atoms with Crippen LogP contribution < -0.4 is 5.14 Å². The SMILES string of the molecule is NS(=O)(=O)CCOCCOCCCc1ccccc1. The molecule has 0 aliphatic rings.